The average molecular weight is 447 g/mol. The Morgan fingerprint density at radius 2 is 1.77 bits per heavy atom. The lowest BCUT2D eigenvalue weighted by molar-refractivity contribution is -0.237. The first-order valence-corrected chi connectivity index (χ1v) is 9.73. The van der Waals surface area contributed by atoms with Crippen LogP contribution in [-0.4, -0.2) is 35.9 Å². The van der Waals surface area contributed by atoms with E-state index in [0.717, 1.165) is 11.6 Å². The molecule has 0 bridgehead atoms. The predicted octanol–water partition coefficient (Wildman–Crippen LogP) is 6.24. The number of nitrogens with zero attached hydrogens (tertiary/aromatic N) is 2. The molecule has 0 unspecified atom stereocenters. The van der Waals surface area contributed by atoms with Gasteiger partial charge < -0.3 is 15.4 Å². The number of aryl methyl sites for hydroxylation is 2. The van der Waals surface area contributed by atoms with Crippen LogP contribution in [0.4, 0.5) is 27.6 Å². The maximum absolute atomic E-state index is 13.3. The van der Waals surface area contributed by atoms with E-state index in [2.05, 4.69) is 4.99 Å². The molecular weight excluding hydrogens is 425 g/mol. The molecule has 2 aromatic carbocycles. The van der Waals surface area contributed by atoms with Crippen molar-refractivity contribution in [3.8, 4) is 11.5 Å². The number of ether oxygens (including phenoxy) is 1. The Kier molecular flexibility index (Phi) is 7.23. The zero-order chi connectivity index (χ0) is 22.7. The second-order valence-corrected chi connectivity index (χ2v) is 7.77. The summed E-state index contributed by atoms with van der Waals surface area (Å²) in [4.78, 5) is 5.90. The van der Waals surface area contributed by atoms with Crippen molar-refractivity contribution in [1.29, 1.82) is 0 Å². The van der Waals surface area contributed by atoms with Gasteiger partial charge in [0.25, 0.3) is 0 Å². The molecule has 4 nitrogen and oxygen atoms in total. The third-order valence-corrected chi connectivity index (χ3v) is 5.18. The molecule has 0 amide bonds. The van der Waals surface area contributed by atoms with Crippen LogP contribution in [-0.2, 0) is 0 Å². The van der Waals surface area contributed by atoms with Gasteiger partial charge in [-0.25, -0.2) is 4.99 Å². The van der Waals surface area contributed by atoms with Gasteiger partial charge in [-0.15, -0.1) is 0 Å². The highest BCUT2D eigenvalue weighted by molar-refractivity contribution is 8.00. The molecule has 10 heteroatoms. The van der Waals surface area contributed by atoms with Crippen LogP contribution < -0.4 is 10.5 Å². The van der Waals surface area contributed by atoms with E-state index in [4.69, 9.17) is 10.5 Å². The molecule has 0 fully saturated rings. The van der Waals surface area contributed by atoms with Gasteiger partial charge in [-0.2, -0.15) is 22.0 Å². The van der Waals surface area contributed by atoms with Crippen molar-refractivity contribution in [3.63, 3.8) is 0 Å². The molecule has 0 aromatic heterocycles. The molecule has 0 saturated carbocycles. The summed E-state index contributed by atoms with van der Waals surface area (Å²) < 4.78 is 69.6. The van der Waals surface area contributed by atoms with E-state index < -0.39 is 23.2 Å². The van der Waals surface area contributed by atoms with Crippen LogP contribution in [0.3, 0.4) is 0 Å². The maximum atomic E-state index is 13.3. The Balaban J connectivity index is 2.26. The fourth-order valence-corrected chi connectivity index (χ4v) is 3.04. The zero-order valence-electron chi connectivity index (χ0n) is 16.8. The third kappa shape index (κ3) is 5.78. The van der Waals surface area contributed by atoms with Crippen LogP contribution in [0, 0.1) is 13.8 Å². The number of guanidine groups is 1. The molecule has 0 spiro atoms. The zero-order valence-corrected chi connectivity index (χ0v) is 17.7. The molecule has 2 N–H and O–H groups in total. The second-order valence-electron chi connectivity index (χ2n) is 6.58. The van der Waals surface area contributed by atoms with E-state index >= 15 is 0 Å². The standard InChI is InChI=1S/C20H22F5N3OS/c1-5-28(4)18(26)27-16-9-13(3)17(10-12(16)2)29-14-7-6-8-15(11-14)30-20(24,25)19(21,22)23/h6-11H,5H2,1-4H3,(H2,26,27). The number of aliphatic imine (C=N–C) groups is 1. The summed E-state index contributed by atoms with van der Waals surface area (Å²) in [6.07, 6.45) is -5.65. The van der Waals surface area contributed by atoms with Crippen LogP contribution in [0.5, 0.6) is 11.5 Å². The van der Waals surface area contributed by atoms with E-state index in [9.17, 15) is 22.0 Å². The Labute approximate surface area is 175 Å². The molecule has 0 saturated heterocycles. The van der Waals surface area contributed by atoms with Crippen molar-refractivity contribution in [3.05, 3.63) is 47.5 Å². The fraction of sp³-hybridized carbons (Fsp3) is 0.350. The summed E-state index contributed by atoms with van der Waals surface area (Å²) in [7, 11) is 1.81. The van der Waals surface area contributed by atoms with Crippen LogP contribution in [0.15, 0.2) is 46.3 Å². The van der Waals surface area contributed by atoms with Gasteiger partial charge in [-0.05, 0) is 74.0 Å². The molecule has 0 heterocycles. The summed E-state index contributed by atoms with van der Waals surface area (Å²) >= 11 is -0.576. The summed E-state index contributed by atoms with van der Waals surface area (Å²) in [5.41, 5.74) is 8.04. The minimum atomic E-state index is -5.65. The fourth-order valence-electron chi connectivity index (χ4n) is 2.31. The van der Waals surface area contributed by atoms with E-state index in [-0.39, 0.29) is 10.6 Å². The van der Waals surface area contributed by atoms with Gasteiger partial charge in [0, 0.05) is 18.5 Å². The van der Waals surface area contributed by atoms with Gasteiger partial charge in [-0.3, -0.25) is 0 Å². The van der Waals surface area contributed by atoms with Crippen LogP contribution in [0.25, 0.3) is 0 Å². The van der Waals surface area contributed by atoms with Crippen LogP contribution >= 0.6 is 11.8 Å². The van der Waals surface area contributed by atoms with Crippen molar-refractivity contribution in [2.45, 2.75) is 37.1 Å². The van der Waals surface area contributed by atoms with Gasteiger partial charge in [0.15, 0.2) is 5.96 Å². The highest BCUT2D eigenvalue weighted by Gasteiger charge is 2.58. The number of rotatable bonds is 6. The molecule has 0 aliphatic carbocycles. The topological polar surface area (TPSA) is 50.8 Å². The number of benzene rings is 2. The lowest BCUT2D eigenvalue weighted by atomic mass is 10.1. The largest absolute Gasteiger partial charge is 0.464 e. The van der Waals surface area contributed by atoms with E-state index in [1.807, 2.05) is 14.0 Å². The van der Waals surface area contributed by atoms with Gasteiger partial charge in [0.05, 0.1) is 5.69 Å². The lowest BCUT2D eigenvalue weighted by Crippen LogP contribution is -2.33. The predicted molar refractivity (Wildman–Crippen MR) is 109 cm³/mol. The maximum Gasteiger partial charge on any atom is 0.464 e. The van der Waals surface area contributed by atoms with Crippen molar-refractivity contribution in [2.24, 2.45) is 10.7 Å². The number of nitrogens with two attached hydrogens (primary N) is 1. The first kappa shape index (κ1) is 23.8. The van der Waals surface area contributed by atoms with Crippen LogP contribution in [0.1, 0.15) is 18.1 Å². The lowest BCUT2D eigenvalue weighted by Gasteiger charge is -2.19. The molecule has 0 radical (unpaired) electrons. The van der Waals surface area contributed by atoms with Gasteiger partial charge in [0.1, 0.15) is 11.5 Å². The Bertz CT molecular complexity index is 931. The highest BCUT2D eigenvalue weighted by Crippen LogP contribution is 2.48. The van der Waals surface area contributed by atoms with Gasteiger partial charge in [-0.1, -0.05) is 6.07 Å². The normalized spacial score (nSPS) is 12.8. The first-order valence-electron chi connectivity index (χ1n) is 8.92. The number of hydrogen-bond acceptors (Lipinski definition) is 3. The average Bonchev–Trinajstić information content (AvgIpc) is 2.64. The number of halogens is 5. The second kappa shape index (κ2) is 9.11. The number of alkyl halides is 5. The molecule has 2 rings (SSSR count). The van der Waals surface area contributed by atoms with E-state index in [1.165, 1.54) is 18.2 Å². The molecule has 0 aliphatic rings. The Hall–Kier alpha value is -2.49. The smallest absolute Gasteiger partial charge is 0.457 e. The molecule has 0 aliphatic heterocycles. The van der Waals surface area contributed by atoms with Crippen molar-refractivity contribution in [2.75, 3.05) is 13.6 Å². The molecule has 30 heavy (non-hydrogen) atoms. The molecular formula is C20H22F5N3OS. The summed E-state index contributed by atoms with van der Waals surface area (Å²) in [5.74, 6) is 0.921. The molecule has 2 aromatic rings. The van der Waals surface area contributed by atoms with Crippen molar-refractivity contribution < 1.29 is 26.7 Å². The van der Waals surface area contributed by atoms with Crippen molar-refractivity contribution in [1.82, 2.24) is 4.90 Å². The highest BCUT2D eigenvalue weighted by atomic mass is 32.2. The minimum absolute atomic E-state index is 0.141. The monoisotopic (exact) mass is 447 g/mol. The van der Waals surface area contributed by atoms with Gasteiger partial charge in [0.2, 0.25) is 0 Å². The summed E-state index contributed by atoms with van der Waals surface area (Å²) in [6, 6.07) is 8.60. The molecule has 0 atom stereocenters. The minimum Gasteiger partial charge on any atom is -0.457 e. The first-order chi connectivity index (χ1) is 13.8. The Morgan fingerprint density at radius 3 is 2.37 bits per heavy atom. The summed E-state index contributed by atoms with van der Waals surface area (Å²) in [6.45, 7) is 6.20. The van der Waals surface area contributed by atoms with Gasteiger partial charge >= 0.3 is 11.4 Å². The Morgan fingerprint density at radius 1 is 1.10 bits per heavy atom. The SMILES string of the molecule is CCN(C)C(N)=Nc1cc(C)c(Oc2cccc(SC(F)(F)C(F)(F)F)c2)cc1C. The third-order valence-electron chi connectivity index (χ3n) is 4.20. The quantitative estimate of drug-likeness (QED) is 0.246. The number of hydrogen-bond donors (Lipinski definition) is 1. The van der Waals surface area contributed by atoms with Crippen LogP contribution in [0.2, 0.25) is 0 Å². The number of thioether (sulfide) groups is 1. The molecule has 164 valence electrons. The van der Waals surface area contributed by atoms with Crippen molar-refractivity contribution >= 4 is 23.4 Å². The van der Waals surface area contributed by atoms with E-state index in [0.29, 0.717) is 29.5 Å². The van der Waals surface area contributed by atoms with E-state index in [1.54, 1.807) is 30.9 Å². The summed E-state index contributed by atoms with van der Waals surface area (Å²) in [5, 5.41) is -4.90.